The quantitative estimate of drug-likeness (QED) is 0.443. The second-order valence-electron chi connectivity index (χ2n) is 8.76. The van der Waals surface area contributed by atoms with E-state index < -0.39 is 11.4 Å². The molecule has 1 heterocycles. The molecule has 0 spiro atoms. The van der Waals surface area contributed by atoms with Crippen LogP contribution in [0.15, 0.2) is 53.7 Å². The standard InChI is InChI=1S/C25H30N4O5/c1-16-6-4-5-7-20(16)28-24(33)27-18-10-8-17(9-11-18)25(2,3)21-14-19(34-29-21)15-22(30)26-13-12-23(31)32/h4-11,19H,12-15H2,1-3H3,(H,26,30)(H,31,32)(H2,27,28,33). The third kappa shape index (κ3) is 6.57. The maximum atomic E-state index is 12.3. The van der Waals surface area contributed by atoms with E-state index in [0.29, 0.717) is 12.1 Å². The first-order chi connectivity index (χ1) is 16.1. The summed E-state index contributed by atoms with van der Waals surface area (Å²) < 4.78 is 0. The van der Waals surface area contributed by atoms with Crippen molar-refractivity contribution >= 4 is 35.0 Å². The molecule has 0 saturated heterocycles. The van der Waals surface area contributed by atoms with Crippen molar-refractivity contribution in [3.8, 4) is 0 Å². The fourth-order valence-corrected chi connectivity index (χ4v) is 3.63. The Labute approximate surface area is 198 Å². The summed E-state index contributed by atoms with van der Waals surface area (Å²) in [5.41, 5.74) is 3.76. The number of aryl methyl sites for hydroxylation is 1. The SMILES string of the molecule is Cc1ccccc1NC(=O)Nc1ccc(C(C)(C)C2=NOC(CC(=O)NCCC(=O)O)C2)cc1. The number of urea groups is 1. The Hall–Kier alpha value is -3.88. The molecule has 2 aromatic carbocycles. The van der Waals surface area contributed by atoms with Gasteiger partial charge in [0.1, 0.15) is 6.10 Å². The Morgan fingerprint density at radius 3 is 2.47 bits per heavy atom. The number of benzene rings is 2. The van der Waals surface area contributed by atoms with Gasteiger partial charge in [0, 0.05) is 29.8 Å². The van der Waals surface area contributed by atoms with E-state index in [1.165, 1.54) is 0 Å². The zero-order valence-corrected chi connectivity index (χ0v) is 19.6. The molecule has 0 bridgehead atoms. The van der Waals surface area contributed by atoms with Gasteiger partial charge in [0.05, 0.1) is 18.6 Å². The minimum Gasteiger partial charge on any atom is -0.481 e. The first-order valence-corrected chi connectivity index (χ1v) is 11.1. The Morgan fingerprint density at radius 1 is 1.09 bits per heavy atom. The van der Waals surface area contributed by atoms with Gasteiger partial charge < -0.3 is 25.9 Å². The number of para-hydroxylation sites is 1. The molecule has 0 saturated carbocycles. The summed E-state index contributed by atoms with van der Waals surface area (Å²) in [6, 6.07) is 14.8. The van der Waals surface area contributed by atoms with Crippen molar-refractivity contribution in [2.75, 3.05) is 17.2 Å². The molecule has 0 radical (unpaired) electrons. The van der Waals surface area contributed by atoms with Crippen LogP contribution in [0.25, 0.3) is 0 Å². The average molecular weight is 467 g/mol. The molecule has 0 fully saturated rings. The molecule has 1 atom stereocenters. The summed E-state index contributed by atoms with van der Waals surface area (Å²) in [6.45, 7) is 6.07. The molecule has 34 heavy (non-hydrogen) atoms. The van der Waals surface area contributed by atoms with Crippen LogP contribution in [-0.4, -0.2) is 41.4 Å². The predicted molar refractivity (Wildman–Crippen MR) is 130 cm³/mol. The molecule has 3 rings (SSSR count). The number of anilines is 2. The molecule has 0 aromatic heterocycles. The first kappa shape index (κ1) is 24.8. The number of hydrogen-bond donors (Lipinski definition) is 4. The molecular weight excluding hydrogens is 436 g/mol. The number of nitrogens with zero attached hydrogens (tertiary/aromatic N) is 1. The molecule has 4 N–H and O–H groups in total. The van der Waals surface area contributed by atoms with Crippen molar-refractivity contribution in [3.63, 3.8) is 0 Å². The van der Waals surface area contributed by atoms with Crippen LogP contribution in [0, 0.1) is 6.92 Å². The lowest BCUT2D eigenvalue weighted by atomic mass is 9.78. The molecule has 3 amide bonds. The minimum absolute atomic E-state index is 0.0868. The second kappa shape index (κ2) is 10.8. The van der Waals surface area contributed by atoms with E-state index in [9.17, 15) is 14.4 Å². The number of carboxylic acid groups (broad SMARTS) is 1. The van der Waals surface area contributed by atoms with Crippen molar-refractivity contribution in [1.82, 2.24) is 5.32 Å². The van der Waals surface area contributed by atoms with Gasteiger partial charge in [0.25, 0.3) is 0 Å². The zero-order valence-electron chi connectivity index (χ0n) is 19.6. The van der Waals surface area contributed by atoms with Gasteiger partial charge in [-0.3, -0.25) is 9.59 Å². The van der Waals surface area contributed by atoms with Crippen LogP contribution in [0.5, 0.6) is 0 Å². The molecule has 1 unspecified atom stereocenters. The Kier molecular flexibility index (Phi) is 7.88. The third-order valence-corrected chi connectivity index (χ3v) is 5.79. The van der Waals surface area contributed by atoms with E-state index in [1.807, 2.05) is 69.3 Å². The largest absolute Gasteiger partial charge is 0.481 e. The summed E-state index contributed by atoms with van der Waals surface area (Å²) in [4.78, 5) is 40.3. The van der Waals surface area contributed by atoms with E-state index in [0.717, 1.165) is 22.5 Å². The molecular formula is C25H30N4O5. The maximum Gasteiger partial charge on any atom is 0.323 e. The molecule has 1 aliphatic rings. The smallest absolute Gasteiger partial charge is 0.323 e. The van der Waals surface area contributed by atoms with E-state index >= 15 is 0 Å². The van der Waals surface area contributed by atoms with Crippen LogP contribution in [0.1, 0.15) is 44.2 Å². The molecule has 1 aliphatic heterocycles. The number of rotatable bonds is 9. The fraction of sp³-hybridized carbons (Fsp3) is 0.360. The predicted octanol–water partition coefficient (Wildman–Crippen LogP) is 4.04. The topological polar surface area (TPSA) is 129 Å². The van der Waals surface area contributed by atoms with Gasteiger partial charge >= 0.3 is 12.0 Å². The Balaban J connectivity index is 1.53. The molecule has 0 aliphatic carbocycles. The number of carbonyl (C=O) groups is 3. The highest BCUT2D eigenvalue weighted by atomic mass is 16.6. The molecule has 180 valence electrons. The number of hydrogen-bond acceptors (Lipinski definition) is 5. The van der Waals surface area contributed by atoms with E-state index in [2.05, 4.69) is 21.1 Å². The van der Waals surface area contributed by atoms with E-state index in [-0.39, 0.29) is 37.4 Å². The van der Waals surface area contributed by atoms with Gasteiger partial charge in [-0.25, -0.2) is 4.79 Å². The van der Waals surface area contributed by atoms with Crippen molar-refractivity contribution in [2.45, 2.75) is 51.6 Å². The van der Waals surface area contributed by atoms with Gasteiger partial charge in [-0.1, -0.05) is 49.3 Å². The average Bonchev–Trinajstić information content (AvgIpc) is 3.25. The van der Waals surface area contributed by atoms with Crippen LogP contribution < -0.4 is 16.0 Å². The van der Waals surface area contributed by atoms with Gasteiger partial charge in [-0.15, -0.1) is 0 Å². The lowest BCUT2D eigenvalue weighted by Crippen LogP contribution is -2.32. The lowest BCUT2D eigenvalue weighted by Gasteiger charge is -2.25. The normalized spacial score (nSPS) is 15.1. The van der Waals surface area contributed by atoms with Gasteiger partial charge in [0.15, 0.2) is 0 Å². The van der Waals surface area contributed by atoms with Crippen LogP contribution in [0.2, 0.25) is 0 Å². The highest BCUT2D eigenvalue weighted by Gasteiger charge is 2.35. The highest BCUT2D eigenvalue weighted by molar-refractivity contribution is 6.00. The summed E-state index contributed by atoms with van der Waals surface area (Å²) in [5, 5.41) is 21.1. The number of aliphatic carboxylic acids is 1. The Bertz CT molecular complexity index is 1080. The zero-order chi connectivity index (χ0) is 24.7. The maximum absolute atomic E-state index is 12.3. The molecule has 9 heteroatoms. The second-order valence-corrected chi connectivity index (χ2v) is 8.76. The summed E-state index contributed by atoms with van der Waals surface area (Å²) in [7, 11) is 0. The fourth-order valence-electron chi connectivity index (χ4n) is 3.63. The van der Waals surface area contributed by atoms with Crippen LogP contribution in [0.3, 0.4) is 0 Å². The monoisotopic (exact) mass is 466 g/mol. The van der Waals surface area contributed by atoms with Gasteiger partial charge in [-0.2, -0.15) is 0 Å². The van der Waals surface area contributed by atoms with E-state index in [4.69, 9.17) is 9.94 Å². The van der Waals surface area contributed by atoms with Crippen molar-refractivity contribution in [1.29, 1.82) is 0 Å². The lowest BCUT2D eigenvalue weighted by molar-refractivity contribution is -0.136. The van der Waals surface area contributed by atoms with Gasteiger partial charge in [0.2, 0.25) is 5.91 Å². The van der Waals surface area contributed by atoms with E-state index in [1.54, 1.807) is 0 Å². The Morgan fingerprint density at radius 2 is 1.79 bits per heavy atom. The van der Waals surface area contributed by atoms with Crippen LogP contribution in [-0.2, 0) is 19.8 Å². The summed E-state index contributed by atoms with van der Waals surface area (Å²) >= 11 is 0. The summed E-state index contributed by atoms with van der Waals surface area (Å²) in [5.74, 6) is -1.22. The number of amides is 3. The number of nitrogens with one attached hydrogen (secondary N) is 3. The number of oxime groups is 1. The number of carbonyl (C=O) groups excluding carboxylic acids is 2. The van der Waals surface area contributed by atoms with Crippen molar-refractivity contribution in [2.24, 2.45) is 5.16 Å². The first-order valence-electron chi connectivity index (χ1n) is 11.1. The van der Waals surface area contributed by atoms with Crippen LogP contribution >= 0.6 is 0 Å². The van der Waals surface area contributed by atoms with Gasteiger partial charge in [-0.05, 0) is 36.2 Å². The minimum atomic E-state index is -0.960. The summed E-state index contributed by atoms with van der Waals surface area (Å²) in [6.07, 6.45) is 0.106. The molecule has 2 aromatic rings. The third-order valence-electron chi connectivity index (χ3n) is 5.79. The molecule has 9 nitrogen and oxygen atoms in total. The van der Waals surface area contributed by atoms with Crippen LogP contribution in [0.4, 0.5) is 16.2 Å². The highest BCUT2D eigenvalue weighted by Crippen LogP contribution is 2.32. The number of carboxylic acids is 1. The van der Waals surface area contributed by atoms with Crippen molar-refractivity contribution in [3.05, 3.63) is 59.7 Å². The van der Waals surface area contributed by atoms with Crippen molar-refractivity contribution < 1.29 is 24.3 Å².